The van der Waals surface area contributed by atoms with Crippen molar-refractivity contribution < 1.29 is 29.0 Å². The molecule has 2 heterocycles. The Labute approximate surface area is 184 Å². The number of amides is 1. The molecule has 1 aromatic heterocycles. The minimum Gasteiger partial charge on any atom is -0.503 e. The molecule has 0 fully saturated rings. The standard InChI is InChI=1S/C23H25NO6S/c1-14(2)30-12-5-11-24-19(15-7-9-16(10-8-15)23(28)29-3)18(21(26)22(24)27)20(25)17-6-4-13-31-17/h4,6-10,13-14,19,26H,5,11-12H2,1-3H3/t19-/m0/s1. The smallest absolute Gasteiger partial charge is 0.337 e. The molecular weight excluding hydrogens is 418 g/mol. The van der Waals surface area contributed by atoms with Gasteiger partial charge in [0.1, 0.15) is 0 Å². The van der Waals surface area contributed by atoms with Crippen LogP contribution in [-0.2, 0) is 14.3 Å². The van der Waals surface area contributed by atoms with Crippen LogP contribution in [0.3, 0.4) is 0 Å². The van der Waals surface area contributed by atoms with Crippen molar-refractivity contribution >= 4 is 29.0 Å². The lowest BCUT2D eigenvalue weighted by molar-refractivity contribution is -0.129. The lowest BCUT2D eigenvalue weighted by atomic mass is 9.94. The van der Waals surface area contributed by atoms with Crippen molar-refractivity contribution in [3.8, 4) is 0 Å². The van der Waals surface area contributed by atoms with Crippen LogP contribution in [-0.4, -0.2) is 54.0 Å². The third-order valence-corrected chi connectivity index (χ3v) is 5.80. The van der Waals surface area contributed by atoms with Gasteiger partial charge >= 0.3 is 5.97 Å². The minimum absolute atomic E-state index is 0.0445. The largest absolute Gasteiger partial charge is 0.503 e. The average molecular weight is 444 g/mol. The van der Waals surface area contributed by atoms with Crippen LogP contribution in [0.2, 0.25) is 0 Å². The fourth-order valence-corrected chi connectivity index (χ4v) is 4.15. The summed E-state index contributed by atoms with van der Waals surface area (Å²) < 4.78 is 10.3. The zero-order chi connectivity index (χ0) is 22.5. The summed E-state index contributed by atoms with van der Waals surface area (Å²) in [6.45, 7) is 4.61. The van der Waals surface area contributed by atoms with E-state index < -0.39 is 23.7 Å². The fourth-order valence-electron chi connectivity index (χ4n) is 3.48. The van der Waals surface area contributed by atoms with Crippen LogP contribution in [0, 0.1) is 0 Å². The number of carbonyl (C=O) groups is 3. The lowest BCUT2D eigenvalue weighted by Crippen LogP contribution is -2.32. The molecule has 0 saturated heterocycles. The van der Waals surface area contributed by atoms with Gasteiger partial charge in [-0.3, -0.25) is 9.59 Å². The number of Topliss-reactive ketones (excluding diaryl/α,β-unsaturated/α-hetero) is 1. The molecule has 31 heavy (non-hydrogen) atoms. The van der Waals surface area contributed by atoms with Gasteiger partial charge in [0, 0.05) is 13.2 Å². The number of hydrogen-bond donors (Lipinski definition) is 1. The van der Waals surface area contributed by atoms with Crippen molar-refractivity contribution in [3.63, 3.8) is 0 Å². The van der Waals surface area contributed by atoms with Crippen LogP contribution in [0.5, 0.6) is 0 Å². The van der Waals surface area contributed by atoms with Gasteiger partial charge in [-0.1, -0.05) is 18.2 Å². The molecule has 1 aromatic carbocycles. The summed E-state index contributed by atoms with van der Waals surface area (Å²) in [6, 6.07) is 9.14. The topological polar surface area (TPSA) is 93.1 Å². The van der Waals surface area contributed by atoms with Crippen molar-refractivity contribution in [1.29, 1.82) is 0 Å². The van der Waals surface area contributed by atoms with Crippen molar-refractivity contribution in [3.05, 3.63) is 69.1 Å². The molecule has 0 bridgehead atoms. The second kappa shape index (κ2) is 9.89. The van der Waals surface area contributed by atoms with E-state index in [1.807, 2.05) is 13.8 Å². The summed E-state index contributed by atoms with van der Waals surface area (Å²) in [6.07, 6.45) is 0.618. The van der Waals surface area contributed by atoms with E-state index in [0.29, 0.717) is 35.6 Å². The zero-order valence-electron chi connectivity index (χ0n) is 17.7. The van der Waals surface area contributed by atoms with Crippen LogP contribution in [0.4, 0.5) is 0 Å². The van der Waals surface area contributed by atoms with Crippen LogP contribution in [0.1, 0.15) is 51.9 Å². The second-order valence-corrected chi connectivity index (χ2v) is 8.30. The molecule has 1 atom stereocenters. The molecule has 1 aliphatic rings. The molecule has 0 radical (unpaired) electrons. The summed E-state index contributed by atoms with van der Waals surface area (Å²) in [4.78, 5) is 39.7. The molecular formula is C23H25NO6S. The van der Waals surface area contributed by atoms with Gasteiger partial charge in [-0.25, -0.2) is 4.79 Å². The van der Waals surface area contributed by atoms with Gasteiger partial charge in [-0.05, 0) is 49.4 Å². The van der Waals surface area contributed by atoms with Crippen molar-refractivity contribution in [2.24, 2.45) is 0 Å². The highest BCUT2D eigenvalue weighted by Crippen LogP contribution is 2.39. The van der Waals surface area contributed by atoms with E-state index in [1.54, 1.807) is 41.8 Å². The van der Waals surface area contributed by atoms with Crippen LogP contribution < -0.4 is 0 Å². The van der Waals surface area contributed by atoms with E-state index in [2.05, 4.69) is 0 Å². The summed E-state index contributed by atoms with van der Waals surface area (Å²) >= 11 is 1.25. The number of rotatable bonds is 9. The Morgan fingerprint density at radius 3 is 2.48 bits per heavy atom. The summed E-state index contributed by atoms with van der Waals surface area (Å²) in [5.41, 5.74) is 1.02. The SMILES string of the molecule is COC(=O)c1ccc([C@H]2C(C(=O)c3cccs3)=C(O)C(=O)N2CCCOC(C)C)cc1. The Morgan fingerprint density at radius 2 is 1.90 bits per heavy atom. The predicted octanol–water partition coefficient (Wildman–Crippen LogP) is 3.93. The van der Waals surface area contributed by atoms with Gasteiger partial charge in [0.15, 0.2) is 5.76 Å². The minimum atomic E-state index is -0.757. The molecule has 0 aliphatic carbocycles. The van der Waals surface area contributed by atoms with Crippen molar-refractivity contribution in [2.75, 3.05) is 20.3 Å². The molecule has 2 aromatic rings. The van der Waals surface area contributed by atoms with E-state index in [1.165, 1.54) is 23.3 Å². The molecule has 1 amide bonds. The van der Waals surface area contributed by atoms with E-state index in [-0.39, 0.29) is 17.5 Å². The highest BCUT2D eigenvalue weighted by Gasteiger charge is 2.43. The third-order valence-electron chi connectivity index (χ3n) is 4.94. The molecule has 7 nitrogen and oxygen atoms in total. The summed E-state index contributed by atoms with van der Waals surface area (Å²) in [5.74, 6) is -1.99. The number of esters is 1. The van der Waals surface area contributed by atoms with Gasteiger partial charge in [-0.2, -0.15) is 0 Å². The highest BCUT2D eigenvalue weighted by molar-refractivity contribution is 7.12. The number of ketones is 1. The lowest BCUT2D eigenvalue weighted by Gasteiger charge is -2.27. The Hall–Kier alpha value is -2.97. The van der Waals surface area contributed by atoms with Gasteiger partial charge in [-0.15, -0.1) is 11.3 Å². The van der Waals surface area contributed by atoms with Gasteiger partial charge in [0.05, 0.1) is 35.3 Å². The third kappa shape index (κ3) is 4.86. The molecule has 8 heteroatoms. The monoisotopic (exact) mass is 443 g/mol. The van der Waals surface area contributed by atoms with Gasteiger partial charge in [0.2, 0.25) is 5.78 Å². The molecule has 0 unspecified atom stereocenters. The van der Waals surface area contributed by atoms with Gasteiger partial charge < -0.3 is 19.5 Å². The Kier molecular flexibility index (Phi) is 7.25. The number of thiophene rings is 1. The number of aliphatic hydroxyl groups is 1. The van der Waals surface area contributed by atoms with Crippen LogP contribution in [0.25, 0.3) is 0 Å². The molecule has 3 rings (SSSR count). The van der Waals surface area contributed by atoms with Crippen molar-refractivity contribution in [2.45, 2.75) is 32.4 Å². The maximum Gasteiger partial charge on any atom is 0.337 e. The van der Waals surface area contributed by atoms with E-state index in [4.69, 9.17) is 9.47 Å². The van der Waals surface area contributed by atoms with E-state index in [0.717, 1.165) is 0 Å². The van der Waals surface area contributed by atoms with Crippen LogP contribution in [0.15, 0.2) is 53.1 Å². The summed E-state index contributed by atoms with van der Waals surface area (Å²) in [5, 5.41) is 12.4. The normalized spacial score (nSPS) is 16.3. The highest BCUT2D eigenvalue weighted by atomic mass is 32.1. The van der Waals surface area contributed by atoms with E-state index in [9.17, 15) is 19.5 Å². The first-order chi connectivity index (χ1) is 14.8. The molecule has 0 saturated carbocycles. The Balaban J connectivity index is 1.95. The molecule has 164 valence electrons. The zero-order valence-corrected chi connectivity index (χ0v) is 18.5. The molecule has 1 N–H and O–H groups in total. The number of carbonyl (C=O) groups excluding carboxylic acids is 3. The quantitative estimate of drug-likeness (QED) is 0.359. The molecule has 0 spiro atoms. The number of methoxy groups -OCH3 is 1. The van der Waals surface area contributed by atoms with Crippen LogP contribution >= 0.6 is 11.3 Å². The number of benzene rings is 1. The first-order valence-corrected chi connectivity index (χ1v) is 10.8. The van der Waals surface area contributed by atoms with Gasteiger partial charge in [0.25, 0.3) is 5.91 Å². The Bertz CT molecular complexity index is 978. The second-order valence-electron chi connectivity index (χ2n) is 7.36. The maximum atomic E-state index is 13.1. The average Bonchev–Trinajstić information content (AvgIpc) is 3.38. The fraction of sp³-hybridized carbons (Fsp3) is 0.348. The predicted molar refractivity (Wildman–Crippen MR) is 116 cm³/mol. The summed E-state index contributed by atoms with van der Waals surface area (Å²) in [7, 11) is 1.30. The van der Waals surface area contributed by atoms with E-state index >= 15 is 0 Å². The molecule has 1 aliphatic heterocycles. The first-order valence-electron chi connectivity index (χ1n) is 9.97. The number of hydrogen-bond acceptors (Lipinski definition) is 7. The van der Waals surface area contributed by atoms with Crippen molar-refractivity contribution in [1.82, 2.24) is 4.90 Å². The number of nitrogens with zero attached hydrogens (tertiary/aromatic N) is 1. The number of aliphatic hydroxyl groups excluding tert-OH is 1. The number of ether oxygens (including phenoxy) is 2. The Morgan fingerprint density at radius 1 is 1.19 bits per heavy atom. The first kappa shape index (κ1) is 22.7. The maximum absolute atomic E-state index is 13.1.